The minimum absolute atomic E-state index is 0.00450. The van der Waals surface area contributed by atoms with Crippen molar-refractivity contribution in [3.05, 3.63) is 63.8 Å². The van der Waals surface area contributed by atoms with Crippen LogP contribution in [0, 0.1) is 0 Å². The first kappa shape index (κ1) is 14.1. The van der Waals surface area contributed by atoms with Gasteiger partial charge in [0.15, 0.2) is 5.43 Å². The van der Waals surface area contributed by atoms with Gasteiger partial charge in [-0.2, -0.15) is 0 Å². The molecule has 0 fully saturated rings. The maximum atomic E-state index is 12.2. The molecular weight excluding hydrogens is 304 g/mol. The molecule has 21 heavy (non-hydrogen) atoms. The molecule has 0 aliphatic carbocycles. The minimum Gasteiger partial charge on any atom is -0.494 e. The molecule has 0 N–H and O–H groups in total. The summed E-state index contributed by atoms with van der Waals surface area (Å²) in [6.07, 6.45) is 0. The van der Waals surface area contributed by atoms with Crippen LogP contribution in [-0.4, -0.2) is 6.61 Å². The second-order valence-corrected chi connectivity index (χ2v) is 6.09. The minimum atomic E-state index is -0.00450. The molecule has 0 atom stereocenters. The lowest BCUT2D eigenvalue weighted by atomic mass is 10.1. The highest BCUT2D eigenvalue weighted by molar-refractivity contribution is 7.21. The molecule has 1 heterocycles. The fourth-order valence-corrected chi connectivity index (χ4v) is 3.39. The van der Waals surface area contributed by atoms with E-state index in [4.69, 9.17) is 16.3 Å². The number of benzene rings is 2. The Morgan fingerprint density at radius 3 is 2.57 bits per heavy atom. The predicted octanol–water partition coefficient (Wildman–Crippen LogP) is 4.98. The van der Waals surface area contributed by atoms with E-state index in [2.05, 4.69) is 0 Å². The van der Waals surface area contributed by atoms with Crippen LogP contribution in [0.15, 0.2) is 53.3 Å². The van der Waals surface area contributed by atoms with Gasteiger partial charge in [-0.3, -0.25) is 4.79 Å². The van der Waals surface area contributed by atoms with E-state index in [9.17, 15) is 4.79 Å². The summed E-state index contributed by atoms with van der Waals surface area (Å²) < 4.78 is 6.37. The zero-order valence-electron chi connectivity index (χ0n) is 11.4. The summed E-state index contributed by atoms with van der Waals surface area (Å²) in [4.78, 5) is 13.2. The van der Waals surface area contributed by atoms with Crippen molar-refractivity contribution in [1.29, 1.82) is 0 Å². The maximum Gasteiger partial charge on any atom is 0.188 e. The van der Waals surface area contributed by atoms with Crippen LogP contribution in [0.1, 0.15) is 6.92 Å². The Morgan fingerprint density at radius 1 is 1.10 bits per heavy atom. The van der Waals surface area contributed by atoms with Gasteiger partial charge in [0.1, 0.15) is 5.75 Å². The molecule has 0 bridgehead atoms. The second kappa shape index (κ2) is 5.88. The Balaban J connectivity index is 2.08. The summed E-state index contributed by atoms with van der Waals surface area (Å²) in [5.74, 6) is 0.834. The summed E-state index contributed by atoms with van der Waals surface area (Å²) in [5, 5.41) is 1.25. The number of hydrogen-bond donors (Lipinski definition) is 0. The van der Waals surface area contributed by atoms with Crippen LogP contribution in [0.5, 0.6) is 5.75 Å². The van der Waals surface area contributed by atoms with Crippen molar-refractivity contribution in [2.24, 2.45) is 0 Å². The number of ether oxygens (including phenoxy) is 1. The standard InChI is InChI=1S/C17H13ClO2S/c1-2-20-13-6-3-11(4-7-13)17-10-15(19)14-9-12(18)5-8-16(14)21-17/h3-10H,2H2,1H3. The summed E-state index contributed by atoms with van der Waals surface area (Å²) in [6, 6.07) is 14.9. The van der Waals surface area contributed by atoms with E-state index in [1.54, 1.807) is 23.5 Å². The third kappa shape index (κ3) is 2.94. The largest absolute Gasteiger partial charge is 0.494 e. The van der Waals surface area contributed by atoms with Crippen LogP contribution in [0.2, 0.25) is 5.02 Å². The van der Waals surface area contributed by atoms with E-state index in [0.717, 1.165) is 20.9 Å². The summed E-state index contributed by atoms with van der Waals surface area (Å²) in [5.41, 5.74) is 1.01. The number of hydrogen-bond acceptors (Lipinski definition) is 3. The highest BCUT2D eigenvalue weighted by Crippen LogP contribution is 2.30. The average Bonchev–Trinajstić information content (AvgIpc) is 2.49. The highest BCUT2D eigenvalue weighted by atomic mass is 35.5. The quantitative estimate of drug-likeness (QED) is 0.681. The Bertz CT molecular complexity index is 838. The normalized spacial score (nSPS) is 10.8. The fourth-order valence-electron chi connectivity index (χ4n) is 2.15. The molecule has 3 rings (SSSR count). The molecular formula is C17H13ClO2S. The lowest BCUT2D eigenvalue weighted by Crippen LogP contribution is -1.98. The van der Waals surface area contributed by atoms with Gasteiger partial charge in [-0.1, -0.05) is 11.6 Å². The van der Waals surface area contributed by atoms with Crippen molar-refractivity contribution in [1.82, 2.24) is 0 Å². The van der Waals surface area contributed by atoms with Crippen LogP contribution in [0.25, 0.3) is 20.5 Å². The van der Waals surface area contributed by atoms with Crippen molar-refractivity contribution >= 4 is 33.0 Å². The van der Waals surface area contributed by atoms with Gasteiger partial charge in [0, 0.05) is 26.1 Å². The van der Waals surface area contributed by atoms with Crippen LogP contribution >= 0.6 is 22.9 Å². The first-order valence-corrected chi connectivity index (χ1v) is 7.83. The molecule has 0 aliphatic rings. The van der Waals surface area contributed by atoms with Crippen molar-refractivity contribution in [2.45, 2.75) is 6.92 Å². The molecule has 0 radical (unpaired) electrons. The van der Waals surface area contributed by atoms with Crippen LogP contribution in [-0.2, 0) is 0 Å². The van der Waals surface area contributed by atoms with Crippen molar-refractivity contribution < 1.29 is 4.74 Å². The molecule has 0 saturated heterocycles. The summed E-state index contributed by atoms with van der Waals surface area (Å²) in [7, 11) is 0. The van der Waals surface area contributed by atoms with E-state index < -0.39 is 0 Å². The van der Waals surface area contributed by atoms with E-state index >= 15 is 0 Å². The van der Waals surface area contributed by atoms with Crippen LogP contribution in [0.4, 0.5) is 0 Å². The van der Waals surface area contributed by atoms with Gasteiger partial charge in [-0.15, -0.1) is 11.3 Å². The van der Waals surface area contributed by atoms with Gasteiger partial charge in [-0.05, 0) is 55.0 Å². The molecule has 0 unspecified atom stereocenters. The van der Waals surface area contributed by atoms with Crippen molar-refractivity contribution in [3.8, 4) is 16.2 Å². The van der Waals surface area contributed by atoms with Gasteiger partial charge >= 0.3 is 0 Å². The number of halogens is 1. The third-order valence-corrected chi connectivity index (χ3v) is 4.52. The monoisotopic (exact) mass is 316 g/mol. The predicted molar refractivity (Wildman–Crippen MR) is 89.7 cm³/mol. The lowest BCUT2D eigenvalue weighted by Gasteiger charge is -2.06. The van der Waals surface area contributed by atoms with E-state index in [1.807, 2.05) is 43.3 Å². The Hall–Kier alpha value is -1.84. The smallest absolute Gasteiger partial charge is 0.188 e. The van der Waals surface area contributed by atoms with E-state index in [1.165, 1.54) is 0 Å². The highest BCUT2D eigenvalue weighted by Gasteiger charge is 2.06. The molecule has 2 nitrogen and oxygen atoms in total. The van der Waals surface area contributed by atoms with Gasteiger partial charge in [-0.25, -0.2) is 0 Å². The second-order valence-electron chi connectivity index (χ2n) is 4.57. The van der Waals surface area contributed by atoms with Crippen molar-refractivity contribution in [2.75, 3.05) is 6.61 Å². The number of fused-ring (bicyclic) bond motifs is 1. The SMILES string of the molecule is CCOc1ccc(-c2cc(=O)c3cc(Cl)ccc3s2)cc1. The first-order valence-electron chi connectivity index (χ1n) is 6.64. The first-order chi connectivity index (χ1) is 10.2. The zero-order chi connectivity index (χ0) is 14.8. The average molecular weight is 317 g/mol. The van der Waals surface area contributed by atoms with Gasteiger partial charge in [0.25, 0.3) is 0 Å². The molecule has 0 aliphatic heterocycles. The molecule has 0 spiro atoms. The Morgan fingerprint density at radius 2 is 1.86 bits per heavy atom. The van der Waals surface area contributed by atoms with Crippen molar-refractivity contribution in [3.63, 3.8) is 0 Å². The third-order valence-electron chi connectivity index (χ3n) is 3.14. The van der Waals surface area contributed by atoms with Gasteiger partial charge in [0.2, 0.25) is 0 Å². The Kier molecular flexibility index (Phi) is 3.95. The zero-order valence-corrected chi connectivity index (χ0v) is 13.0. The molecule has 0 amide bonds. The number of rotatable bonds is 3. The Labute approximate surface area is 131 Å². The topological polar surface area (TPSA) is 26.3 Å². The van der Waals surface area contributed by atoms with Gasteiger partial charge < -0.3 is 4.74 Å². The van der Waals surface area contributed by atoms with E-state index in [-0.39, 0.29) is 5.43 Å². The summed E-state index contributed by atoms with van der Waals surface area (Å²) >= 11 is 7.53. The fraction of sp³-hybridized carbons (Fsp3) is 0.118. The summed E-state index contributed by atoms with van der Waals surface area (Å²) in [6.45, 7) is 2.59. The van der Waals surface area contributed by atoms with E-state index in [0.29, 0.717) is 17.0 Å². The van der Waals surface area contributed by atoms with Crippen LogP contribution < -0.4 is 10.2 Å². The molecule has 3 aromatic rings. The molecule has 106 valence electrons. The molecule has 4 heteroatoms. The molecule has 1 aromatic heterocycles. The molecule has 0 saturated carbocycles. The van der Waals surface area contributed by atoms with Gasteiger partial charge in [0.05, 0.1) is 6.61 Å². The maximum absolute atomic E-state index is 12.2. The molecule has 2 aromatic carbocycles. The van der Waals surface area contributed by atoms with Crippen LogP contribution in [0.3, 0.4) is 0 Å². The lowest BCUT2D eigenvalue weighted by molar-refractivity contribution is 0.340.